The molecular weight excluding hydrogens is 440 g/mol. The summed E-state index contributed by atoms with van der Waals surface area (Å²) in [6, 6.07) is 14.9. The molecule has 8 heteroatoms. The molecule has 7 nitrogen and oxygen atoms in total. The monoisotopic (exact) mass is 462 g/mol. The van der Waals surface area contributed by atoms with E-state index in [1.807, 2.05) is 6.07 Å². The number of amides is 2. The van der Waals surface area contributed by atoms with Crippen molar-refractivity contribution in [2.24, 2.45) is 5.73 Å². The highest BCUT2D eigenvalue weighted by Crippen LogP contribution is 2.37. The van der Waals surface area contributed by atoms with Gasteiger partial charge in [-0.05, 0) is 43.4 Å². The maximum atomic E-state index is 12.5. The van der Waals surface area contributed by atoms with E-state index in [4.69, 9.17) is 10.5 Å². The van der Waals surface area contributed by atoms with Crippen molar-refractivity contribution in [3.05, 3.63) is 87.3 Å². The number of hydrogen-bond donors (Lipinski definition) is 2. The number of hydrogen-bond acceptors (Lipinski definition) is 6. The highest BCUT2D eigenvalue weighted by Gasteiger charge is 2.25. The molecule has 3 N–H and O–H groups in total. The van der Waals surface area contributed by atoms with Crippen LogP contribution < -0.4 is 11.1 Å². The van der Waals surface area contributed by atoms with Crippen LogP contribution in [0.3, 0.4) is 0 Å². The SMILES string of the molecule is NC(=O)c1c(NC(=O)COC(=O)c2ccc(C(=O)c3ccccc3)cc2)sc2c1CCCC2. The largest absolute Gasteiger partial charge is 0.452 e. The van der Waals surface area contributed by atoms with Crippen molar-refractivity contribution in [2.75, 3.05) is 11.9 Å². The van der Waals surface area contributed by atoms with Gasteiger partial charge in [0, 0.05) is 16.0 Å². The average Bonchev–Trinajstić information content (AvgIpc) is 3.20. The van der Waals surface area contributed by atoms with Crippen LogP contribution in [0.4, 0.5) is 5.00 Å². The molecule has 1 heterocycles. The van der Waals surface area contributed by atoms with E-state index in [2.05, 4.69) is 5.32 Å². The fraction of sp³-hybridized carbons (Fsp3) is 0.200. The lowest BCUT2D eigenvalue weighted by Crippen LogP contribution is -2.23. The molecule has 0 saturated heterocycles. The van der Waals surface area contributed by atoms with Crippen LogP contribution in [-0.4, -0.2) is 30.2 Å². The second-order valence-corrected chi connectivity index (χ2v) is 8.78. The van der Waals surface area contributed by atoms with E-state index in [0.717, 1.165) is 36.1 Å². The topological polar surface area (TPSA) is 116 Å². The van der Waals surface area contributed by atoms with Gasteiger partial charge in [-0.2, -0.15) is 0 Å². The number of fused-ring (bicyclic) bond motifs is 1. The number of nitrogens with one attached hydrogen (secondary N) is 1. The quantitative estimate of drug-likeness (QED) is 0.410. The Bertz CT molecular complexity index is 1220. The number of esters is 1. The molecule has 0 fully saturated rings. The molecule has 0 bridgehead atoms. The Balaban J connectivity index is 1.36. The molecule has 2 amide bonds. The molecule has 0 aliphatic heterocycles. The maximum absolute atomic E-state index is 12.5. The van der Waals surface area contributed by atoms with Crippen LogP contribution in [0, 0.1) is 0 Å². The normalized spacial score (nSPS) is 12.5. The minimum absolute atomic E-state index is 0.154. The third-order valence-corrected chi connectivity index (χ3v) is 6.63. The lowest BCUT2D eigenvalue weighted by molar-refractivity contribution is -0.119. The van der Waals surface area contributed by atoms with Crippen molar-refractivity contribution in [3.8, 4) is 0 Å². The van der Waals surface area contributed by atoms with Crippen molar-refractivity contribution in [1.29, 1.82) is 0 Å². The first-order chi connectivity index (χ1) is 15.9. The average molecular weight is 463 g/mol. The minimum atomic E-state index is -0.690. The van der Waals surface area contributed by atoms with Gasteiger partial charge in [-0.3, -0.25) is 14.4 Å². The molecule has 0 spiro atoms. The van der Waals surface area contributed by atoms with Crippen LogP contribution in [0.2, 0.25) is 0 Å². The van der Waals surface area contributed by atoms with Crippen LogP contribution in [0.15, 0.2) is 54.6 Å². The summed E-state index contributed by atoms with van der Waals surface area (Å²) in [5.74, 6) is -1.98. The molecule has 1 aliphatic rings. The molecule has 0 atom stereocenters. The molecule has 1 aliphatic carbocycles. The van der Waals surface area contributed by atoms with Gasteiger partial charge in [0.15, 0.2) is 12.4 Å². The molecule has 33 heavy (non-hydrogen) atoms. The smallest absolute Gasteiger partial charge is 0.338 e. The summed E-state index contributed by atoms with van der Waals surface area (Å²) in [7, 11) is 0. The summed E-state index contributed by atoms with van der Waals surface area (Å²) in [5.41, 5.74) is 8.01. The number of primary amides is 1. The Morgan fingerprint density at radius 1 is 0.879 bits per heavy atom. The Hall–Kier alpha value is -3.78. The van der Waals surface area contributed by atoms with Crippen LogP contribution in [0.25, 0.3) is 0 Å². The van der Waals surface area contributed by atoms with Gasteiger partial charge in [-0.1, -0.05) is 42.5 Å². The van der Waals surface area contributed by atoms with Crippen molar-refractivity contribution < 1.29 is 23.9 Å². The van der Waals surface area contributed by atoms with Crippen LogP contribution in [-0.2, 0) is 22.4 Å². The first-order valence-electron chi connectivity index (χ1n) is 10.5. The Morgan fingerprint density at radius 3 is 2.21 bits per heavy atom. The Morgan fingerprint density at radius 2 is 1.52 bits per heavy atom. The Kier molecular flexibility index (Phi) is 6.65. The maximum Gasteiger partial charge on any atom is 0.338 e. The van der Waals surface area contributed by atoms with E-state index in [-0.39, 0.29) is 11.3 Å². The van der Waals surface area contributed by atoms with E-state index in [0.29, 0.717) is 21.7 Å². The lowest BCUT2D eigenvalue weighted by Gasteiger charge is -2.11. The fourth-order valence-electron chi connectivity index (χ4n) is 3.81. The van der Waals surface area contributed by atoms with Crippen LogP contribution in [0.1, 0.15) is 59.9 Å². The van der Waals surface area contributed by atoms with E-state index in [1.165, 1.54) is 23.5 Å². The summed E-state index contributed by atoms with van der Waals surface area (Å²) < 4.78 is 5.10. The summed E-state index contributed by atoms with van der Waals surface area (Å²) in [5, 5.41) is 3.06. The van der Waals surface area contributed by atoms with Crippen LogP contribution >= 0.6 is 11.3 Å². The predicted octanol–water partition coefficient (Wildman–Crippen LogP) is 3.75. The minimum Gasteiger partial charge on any atom is -0.452 e. The summed E-state index contributed by atoms with van der Waals surface area (Å²) in [6.45, 7) is -0.510. The van der Waals surface area contributed by atoms with Gasteiger partial charge in [0.05, 0.1) is 11.1 Å². The molecule has 1 aromatic heterocycles. The second kappa shape index (κ2) is 9.79. The van der Waals surface area contributed by atoms with Crippen LogP contribution in [0.5, 0.6) is 0 Å². The first-order valence-corrected chi connectivity index (χ1v) is 11.4. The third kappa shape index (κ3) is 5.01. The van der Waals surface area contributed by atoms with Gasteiger partial charge in [-0.15, -0.1) is 11.3 Å². The van der Waals surface area contributed by atoms with Crippen molar-refractivity contribution in [2.45, 2.75) is 25.7 Å². The summed E-state index contributed by atoms with van der Waals surface area (Å²) in [6.07, 6.45) is 3.63. The zero-order chi connectivity index (χ0) is 23.4. The fourth-order valence-corrected chi connectivity index (χ4v) is 5.12. The molecule has 2 aromatic carbocycles. The number of carbonyl (C=O) groups excluding carboxylic acids is 4. The molecular formula is C25H22N2O5S. The van der Waals surface area contributed by atoms with Gasteiger partial charge in [0.2, 0.25) is 0 Å². The van der Waals surface area contributed by atoms with Gasteiger partial charge >= 0.3 is 5.97 Å². The summed E-state index contributed by atoms with van der Waals surface area (Å²) in [4.78, 5) is 50.1. The van der Waals surface area contributed by atoms with Gasteiger partial charge < -0.3 is 15.8 Å². The zero-order valence-electron chi connectivity index (χ0n) is 17.8. The number of rotatable bonds is 7. The van der Waals surface area contributed by atoms with Gasteiger partial charge in [0.1, 0.15) is 5.00 Å². The summed E-state index contributed by atoms with van der Waals surface area (Å²) >= 11 is 1.35. The number of benzene rings is 2. The second-order valence-electron chi connectivity index (χ2n) is 7.68. The van der Waals surface area contributed by atoms with Gasteiger partial charge in [-0.25, -0.2) is 4.79 Å². The van der Waals surface area contributed by atoms with Crippen molar-refractivity contribution in [1.82, 2.24) is 0 Å². The molecule has 168 valence electrons. The number of ketones is 1. The van der Waals surface area contributed by atoms with E-state index in [9.17, 15) is 19.2 Å². The highest BCUT2D eigenvalue weighted by atomic mass is 32.1. The zero-order valence-corrected chi connectivity index (χ0v) is 18.6. The number of anilines is 1. The van der Waals surface area contributed by atoms with E-state index in [1.54, 1.807) is 36.4 Å². The van der Waals surface area contributed by atoms with E-state index < -0.39 is 24.4 Å². The molecule has 0 saturated carbocycles. The molecule has 0 unspecified atom stereocenters. The number of thiophene rings is 1. The van der Waals surface area contributed by atoms with Gasteiger partial charge in [0.25, 0.3) is 11.8 Å². The highest BCUT2D eigenvalue weighted by molar-refractivity contribution is 7.17. The standard InChI is InChI=1S/C25H22N2O5S/c26-23(30)21-18-8-4-5-9-19(18)33-24(21)27-20(28)14-32-25(31)17-12-10-16(11-13-17)22(29)15-6-2-1-3-7-15/h1-3,6-7,10-13H,4-5,8-9,14H2,(H2,26,30)(H,27,28). The molecule has 4 rings (SSSR count). The first kappa shape index (κ1) is 22.4. The lowest BCUT2D eigenvalue weighted by atomic mass is 9.95. The third-order valence-electron chi connectivity index (χ3n) is 5.42. The van der Waals surface area contributed by atoms with Crippen molar-refractivity contribution >= 4 is 39.9 Å². The number of carbonyl (C=O) groups is 4. The number of ether oxygens (including phenoxy) is 1. The Labute approximate surface area is 194 Å². The predicted molar refractivity (Wildman–Crippen MR) is 125 cm³/mol. The van der Waals surface area contributed by atoms with E-state index >= 15 is 0 Å². The van der Waals surface area contributed by atoms with Crippen molar-refractivity contribution in [3.63, 3.8) is 0 Å². The number of aryl methyl sites for hydroxylation is 1. The number of nitrogens with two attached hydrogens (primary N) is 1. The molecule has 0 radical (unpaired) electrons. The molecule has 3 aromatic rings.